The van der Waals surface area contributed by atoms with Gasteiger partial charge in [0.1, 0.15) is 0 Å². The molecule has 3 rings (SSSR count). The summed E-state index contributed by atoms with van der Waals surface area (Å²) in [5.41, 5.74) is 2.73. The number of rotatable bonds is 5. The van der Waals surface area contributed by atoms with Gasteiger partial charge in [-0.1, -0.05) is 36.4 Å². The zero-order chi connectivity index (χ0) is 17.6. The molecule has 0 fully saturated rings. The van der Waals surface area contributed by atoms with Gasteiger partial charge in [0.2, 0.25) is 0 Å². The van der Waals surface area contributed by atoms with Crippen molar-refractivity contribution < 1.29 is 4.79 Å². The summed E-state index contributed by atoms with van der Waals surface area (Å²) in [6.07, 6.45) is 0. The van der Waals surface area contributed by atoms with E-state index in [9.17, 15) is 4.79 Å². The van der Waals surface area contributed by atoms with E-state index in [-0.39, 0.29) is 6.03 Å². The van der Waals surface area contributed by atoms with Crippen LogP contribution in [0.1, 0.15) is 13.8 Å². The average molecular weight is 333 g/mol. The van der Waals surface area contributed by atoms with E-state index >= 15 is 0 Å². The number of anilines is 3. The van der Waals surface area contributed by atoms with E-state index in [1.165, 1.54) is 0 Å². The molecule has 0 aromatic heterocycles. The Morgan fingerprint density at radius 2 is 1.52 bits per heavy atom. The predicted molar refractivity (Wildman–Crippen MR) is 107 cm³/mol. The molecule has 2 amide bonds. The minimum atomic E-state index is -0.244. The van der Waals surface area contributed by atoms with Crippen molar-refractivity contribution in [1.29, 1.82) is 0 Å². The lowest BCUT2D eigenvalue weighted by Crippen LogP contribution is -2.22. The Labute approximate surface area is 148 Å². The van der Waals surface area contributed by atoms with E-state index in [4.69, 9.17) is 0 Å². The number of hydrogen-bond donors (Lipinski definition) is 2. The fraction of sp³-hybridized carbons (Fsp3) is 0.190. The van der Waals surface area contributed by atoms with Crippen LogP contribution in [0.4, 0.5) is 21.9 Å². The van der Waals surface area contributed by atoms with Crippen LogP contribution in [0.5, 0.6) is 0 Å². The summed E-state index contributed by atoms with van der Waals surface area (Å²) in [5, 5.41) is 7.95. The largest absolute Gasteiger partial charge is 0.372 e. The van der Waals surface area contributed by atoms with E-state index in [0.29, 0.717) is 0 Å². The lowest BCUT2D eigenvalue weighted by Gasteiger charge is -2.21. The zero-order valence-electron chi connectivity index (χ0n) is 14.6. The van der Waals surface area contributed by atoms with Gasteiger partial charge in [0.05, 0.1) is 5.69 Å². The predicted octanol–water partition coefficient (Wildman–Crippen LogP) is 5.33. The number of nitrogens with one attached hydrogen (secondary N) is 2. The number of amides is 2. The zero-order valence-corrected chi connectivity index (χ0v) is 14.6. The van der Waals surface area contributed by atoms with Gasteiger partial charge in [0, 0.05) is 29.9 Å². The van der Waals surface area contributed by atoms with Gasteiger partial charge in [-0.2, -0.15) is 0 Å². The van der Waals surface area contributed by atoms with Crippen molar-refractivity contribution in [2.75, 3.05) is 28.6 Å². The lowest BCUT2D eigenvalue weighted by molar-refractivity contribution is 0.262. The van der Waals surface area contributed by atoms with Crippen LogP contribution < -0.4 is 15.5 Å². The Bertz CT molecular complexity index is 849. The van der Waals surface area contributed by atoms with Crippen molar-refractivity contribution in [3.63, 3.8) is 0 Å². The van der Waals surface area contributed by atoms with E-state index in [0.717, 1.165) is 40.9 Å². The first kappa shape index (κ1) is 16.8. The van der Waals surface area contributed by atoms with Crippen LogP contribution in [0.2, 0.25) is 0 Å². The molecule has 4 nitrogen and oxygen atoms in total. The highest BCUT2D eigenvalue weighted by Gasteiger charge is 2.07. The minimum absolute atomic E-state index is 0.244. The lowest BCUT2D eigenvalue weighted by atomic mass is 10.1. The SMILES string of the molecule is CCN(CC)c1ccc(NC(=O)Nc2cccc3ccccc23)cc1. The normalized spacial score (nSPS) is 10.5. The maximum Gasteiger partial charge on any atom is 0.323 e. The highest BCUT2D eigenvalue weighted by atomic mass is 16.2. The third-order valence-electron chi connectivity index (χ3n) is 4.29. The molecule has 0 saturated carbocycles. The maximum atomic E-state index is 12.3. The molecule has 0 unspecified atom stereocenters. The van der Waals surface area contributed by atoms with Crippen LogP contribution >= 0.6 is 0 Å². The van der Waals surface area contributed by atoms with Gasteiger partial charge < -0.3 is 15.5 Å². The summed E-state index contributed by atoms with van der Waals surface area (Å²) in [6.45, 7) is 6.19. The standard InChI is InChI=1S/C21H23N3O/c1-3-24(4-2)18-14-12-17(13-15-18)22-21(25)23-20-11-7-9-16-8-5-6-10-19(16)20/h5-15H,3-4H2,1-2H3,(H2,22,23,25). The highest BCUT2D eigenvalue weighted by Crippen LogP contribution is 2.23. The summed E-state index contributed by atoms with van der Waals surface area (Å²) in [5.74, 6) is 0. The number of hydrogen-bond acceptors (Lipinski definition) is 2. The van der Waals surface area contributed by atoms with E-state index < -0.39 is 0 Å². The smallest absolute Gasteiger partial charge is 0.323 e. The second-order valence-electron chi connectivity index (χ2n) is 5.82. The van der Waals surface area contributed by atoms with Crippen molar-refractivity contribution in [2.45, 2.75) is 13.8 Å². The Hall–Kier alpha value is -3.01. The summed E-state index contributed by atoms with van der Waals surface area (Å²) < 4.78 is 0. The van der Waals surface area contributed by atoms with Crippen LogP contribution in [0, 0.1) is 0 Å². The van der Waals surface area contributed by atoms with Crippen molar-refractivity contribution in [1.82, 2.24) is 0 Å². The van der Waals surface area contributed by atoms with Crippen molar-refractivity contribution >= 4 is 33.9 Å². The van der Waals surface area contributed by atoms with Gasteiger partial charge in [-0.05, 0) is 49.6 Å². The molecule has 0 saturated heterocycles. The number of carbonyl (C=O) groups excluding carboxylic acids is 1. The van der Waals surface area contributed by atoms with E-state index in [1.807, 2.05) is 66.7 Å². The van der Waals surface area contributed by atoms with E-state index in [1.54, 1.807) is 0 Å². The fourth-order valence-electron chi connectivity index (χ4n) is 2.96. The van der Waals surface area contributed by atoms with Gasteiger partial charge in [-0.3, -0.25) is 0 Å². The number of benzene rings is 3. The Kier molecular flexibility index (Phi) is 5.19. The molecule has 0 spiro atoms. The summed E-state index contributed by atoms with van der Waals surface area (Å²) in [7, 11) is 0. The molecule has 0 aliphatic heterocycles. The van der Waals surface area contributed by atoms with Crippen molar-refractivity contribution in [2.24, 2.45) is 0 Å². The number of fused-ring (bicyclic) bond motifs is 1. The Morgan fingerprint density at radius 3 is 2.24 bits per heavy atom. The first-order chi connectivity index (χ1) is 12.2. The molecule has 0 radical (unpaired) electrons. The first-order valence-corrected chi connectivity index (χ1v) is 8.62. The monoisotopic (exact) mass is 333 g/mol. The molecule has 128 valence electrons. The fourth-order valence-corrected chi connectivity index (χ4v) is 2.96. The molecule has 25 heavy (non-hydrogen) atoms. The van der Waals surface area contributed by atoms with Crippen molar-refractivity contribution in [3.05, 3.63) is 66.7 Å². The second kappa shape index (κ2) is 7.71. The number of carbonyl (C=O) groups is 1. The van der Waals surface area contributed by atoms with Gasteiger partial charge >= 0.3 is 6.03 Å². The molecular weight excluding hydrogens is 310 g/mol. The van der Waals surface area contributed by atoms with E-state index in [2.05, 4.69) is 29.4 Å². The Morgan fingerprint density at radius 1 is 0.840 bits per heavy atom. The second-order valence-corrected chi connectivity index (χ2v) is 5.82. The topological polar surface area (TPSA) is 44.4 Å². The molecule has 4 heteroatoms. The third kappa shape index (κ3) is 3.91. The molecule has 2 N–H and O–H groups in total. The quantitative estimate of drug-likeness (QED) is 0.663. The molecule has 0 aliphatic carbocycles. The van der Waals surface area contributed by atoms with Gasteiger partial charge in [0.25, 0.3) is 0 Å². The molecule has 3 aromatic rings. The molecule has 0 heterocycles. The maximum absolute atomic E-state index is 12.3. The number of urea groups is 1. The van der Waals surface area contributed by atoms with Crippen LogP contribution in [0.25, 0.3) is 10.8 Å². The van der Waals surface area contributed by atoms with Crippen LogP contribution in [0.15, 0.2) is 66.7 Å². The molecular formula is C21H23N3O. The highest BCUT2D eigenvalue weighted by molar-refractivity contribution is 6.06. The van der Waals surface area contributed by atoms with Crippen molar-refractivity contribution in [3.8, 4) is 0 Å². The summed E-state index contributed by atoms with van der Waals surface area (Å²) in [6, 6.07) is 21.5. The van der Waals surface area contributed by atoms with Crippen LogP contribution in [-0.2, 0) is 0 Å². The van der Waals surface area contributed by atoms with Gasteiger partial charge in [0.15, 0.2) is 0 Å². The molecule has 0 atom stereocenters. The van der Waals surface area contributed by atoms with Crippen LogP contribution in [0.3, 0.4) is 0 Å². The molecule has 3 aromatic carbocycles. The Balaban J connectivity index is 1.70. The van der Waals surface area contributed by atoms with Gasteiger partial charge in [-0.25, -0.2) is 4.79 Å². The van der Waals surface area contributed by atoms with Gasteiger partial charge in [-0.15, -0.1) is 0 Å². The van der Waals surface area contributed by atoms with Crippen LogP contribution in [-0.4, -0.2) is 19.1 Å². The average Bonchev–Trinajstić information content (AvgIpc) is 2.64. The first-order valence-electron chi connectivity index (χ1n) is 8.62. The number of nitrogens with zero attached hydrogens (tertiary/aromatic N) is 1. The summed E-state index contributed by atoms with van der Waals surface area (Å²) in [4.78, 5) is 14.6. The summed E-state index contributed by atoms with van der Waals surface area (Å²) >= 11 is 0. The minimum Gasteiger partial charge on any atom is -0.372 e. The third-order valence-corrected chi connectivity index (χ3v) is 4.29. The molecule has 0 aliphatic rings. The molecule has 0 bridgehead atoms.